The maximum Gasteiger partial charge on any atom is 0.233 e. The van der Waals surface area contributed by atoms with Gasteiger partial charge in [0.05, 0.1) is 24.5 Å². The Morgan fingerprint density at radius 3 is 2.42 bits per heavy atom. The normalized spacial score (nSPS) is 12.2. The summed E-state index contributed by atoms with van der Waals surface area (Å²) in [5.41, 5.74) is 1.03. The third kappa shape index (κ3) is 5.27. The first-order valence-corrected chi connectivity index (χ1v) is 9.05. The van der Waals surface area contributed by atoms with Gasteiger partial charge in [0.25, 0.3) is 0 Å². The lowest BCUT2D eigenvalue weighted by Gasteiger charge is -2.14. The first-order chi connectivity index (χ1) is 11.4. The van der Waals surface area contributed by atoms with Crippen LogP contribution in [0.25, 0.3) is 0 Å². The van der Waals surface area contributed by atoms with Gasteiger partial charge >= 0.3 is 0 Å². The van der Waals surface area contributed by atoms with Crippen molar-refractivity contribution in [3.05, 3.63) is 54.6 Å². The highest BCUT2D eigenvalue weighted by Crippen LogP contribution is 2.18. The number of sulfonamides is 1. The van der Waals surface area contributed by atoms with E-state index in [1.54, 1.807) is 55.5 Å². The molecule has 0 aliphatic rings. The smallest absolute Gasteiger partial charge is 0.233 e. The molecule has 2 aromatic rings. The second kappa shape index (κ2) is 7.83. The Morgan fingerprint density at radius 1 is 1.08 bits per heavy atom. The summed E-state index contributed by atoms with van der Waals surface area (Å²) in [7, 11) is -2.16. The van der Waals surface area contributed by atoms with Crippen LogP contribution >= 0.6 is 0 Å². The molecule has 0 spiro atoms. The highest BCUT2D eigenvalue weighted by atomic mass is 32.2. The zero-order valence-corrected chi connectivity index (χ0v) is 14.3. The minimum absolute atomic E-state index is 0.317. The molecule has 2 aromatic carbocycles. The predicted octanol–water partition coefficient (Wildman–Crippen LogP) is 2.71. The van der Waals surface area contributed by atoms with E-state index in [-0.39, 0.29) is 11.7 Å². The number of rotatable bonds is 7. The Kier molecular flexibility index (Phi) is 5.81. The van der Waals surface area contributed by atoms with Crippen molar-refractivity contribution in [1.29, 1.82) is 0 Å². The summed E-state index contributed by atoms with van der Waals surface area (Å²) in [4.78, 5) is 12.1. The summed E-state index contributed by atoms with van der Waals surface area (Å²) in [6.07, 6.45) is 0. The molecule has 1 atom stereocenters. The van der Waals surface area contributed by atoms with Gasteiger partial charge in [-0.1, -0.05) is 31.2 Å². The van der Waals surface area contributed by atoms with E-state index in [1.807, 2.05) is 6.07 Å². The quantitative estimate of drug-likeness (QED) is 0.806. The Morgan fingerprint density at radius 2 is 1.75 bits per heavy atom. The van der Waals surface area contributed by atoms with Crippen LogP contribution in [-0.2, 0) is 14.8 Å². The second-order valence-electron chi connectivity index (χ2n) is 5.37. The SMILES string of the molecule is COc1cccc(NS(=O)(=O)CC(C)C(=O)Nc2ccccc2)c1. The number of carbonyl (C=O) groups excluding carboxylic acids is 1. The van der Waals surface area contributed by atoms with E-state index < -0.39 is 15.9 Å². The van der Waals surface area contributed by atoms with E-state index in [0.717, 1.165) is 0 Å². The standard InChI is InChI=1S/C17H20N2O4S/c1-13(17(20)18-14-7-4-3-5-8-14)12-24(21,22)19-15-9-6-10-16(11-15)23-2/h3-11,13,19H,12H2,1-2H3,(H,18,20). The lowest BCUT2D eigenvalue weighted by Crippen LogP contribution is -2.29. The van der Waals surface area contributed by atoms with Gasteiger partial charge in [0, 0.05) is 11.8 Å². The molecular weight excluding hydrogens is 328 g/mol. The van der Waals surface area contributed by atoms with E-state index in [2.05, 4.69) is 10.0 Å². The van der Waals surface area contributed by atoms with Crippen LogP contribution in [0.2, 0.25) is 0 Å². The summed E-state index contributed by atoms with van der Waals surface area (Å²) in [6.45, 7) is 1.57. The Labute approximate surface area is 141 Å². The predicted molar refractivity (Wildman–Crippen MR) is 94.6 cm³/mol. The second-order valence-corrected chi connectivity index (χ2v) is 7.14. The highest BCUT2D eigenvalue weighted by Gasteiger charge is 2.21. The van der Waals surface area contributed by atoms with E-state index in [1.165, 1.54) is 7.11 Å². The number of carbonyl (C=O) groups is 1. The fourth-order valence-corrected chi connectivity index (χ4v) is 3.48. The van der Waals surface area contributed by atoms with Crippen LogP contribution in [0.4, 0.5) is 11.4 Å². The molecule has 0 aromatic heterocycles. The van der Waals surface area contributed by atoms with Crippen molar-refractivity contribution < 1.29 is 17.9 Å². The average molecular weight is 348 g/mol. The number of para-hydroxylation sites is 1. The van der Waals surface area contributed by atoms with Crippen molar-refractivity contribution in [2.75, 3.05) is 22.9 Å². The number of benzene rings is 2. The van der Waals surface area contributed by atoms with Gasteiger partial charge in [0.1, 0.15) is 5.75 Å². The van der Waals surface area contributed by atoms with Crippen LogP contribution < -0.4 is 14.8 Å². The maximum atomic E-state index is 12.2. The summed E-state index contributed by atoms with van der Waals surface area (Å²) >= 11 is 0. The van der Waals surface area contributed by atoms with Crippen LogP contribution in [-0.4, -0.2) is 27.2 Å². The Balaban J connectivity index is 1.98. The van der Waals surface area contributed by atoms with Crippen LogP contribution in [0, 0.1) is 5.92 Å². The lowest BCUT2D eigenvalue weighted by molar-refractivity contribution is -0.118. The van der Waals surface area contributed by atoms with Gasteiger partial charge in [-0.25, -0.2) is 8.42 Å². The Hall–Kier alpha value is -2.54. The molecule has 0 fully saturated rings. The fourth-order valence-electron chi connectivity index (χ4n) is 2.10. The van der Waals surface area contributed by atoms with Crippen LogP contribution in [0.5, 0.6) is 5.75 Å². The van der Waals surface area contributed by atoms with Crippen molar-refractivity contribution in [3.63, 3.8) is 0 Å². The molecule has 1 unspecified atom stereocenters. The van der Waals surface area contributed by atoms with Gasteiger partial charge in [-0.3, -0.25) is 9.52 Å². The summed E-state index contributed by atoms with van der Waals surface area (Å²) in [5, 5.41) is 2.70. The zero-order valence-electron chi connectivity index (χ0n) is 13.5. The monoisotopic (exact) mass is 348 g/mol. The van der Waals surface area contributed by atoms with Gasteiger partial charge in [-0.05, 0) is 24.3 Å². The molecule has 2 N–H and O–H groups in total. The van der Waals surface area contributed by atoms with E-state index in [0.29, 0.717) is 17.1 Å². The molecule has 0 saturated carbocycles. The van der Waals surface area contributed by atoms with Crippen LogP contribution in [0.3, 0.4) is 0 Å². The van der Waals surface area contributed by atoms with Crippen molar-refractivity contribution >= 4 is 27.3 Å². The molecule has 0 heterocycles. The fraction of sp³-hybridized carbons (Fsp3) is 0.235. The minimum atomic E-state index is -3.66. The summed E-state index contributed by atoms with van der Waals surface area (Å²) in [5.74, 6) is -0.821. The first-order valence-electron chi connectivity index (χ1n) is 7.40. The lowest BCUT2D eigenvalue weighted by atomic mass is 10.2. The number of methoxy groups -OCH3 is 1. The molecular formula is C17H20N2O4S. The van der Waals surface area contributed by atoms with Gasteiger partial charge in [0.2, 0.25) is 15.9 Å². The van der Waals surface area contributed by atoms with Crippen LogP contribution in [0.15, 0.2) is 54.6 Å². The molecule has 0 bridgehead atoms. The molecule has 0 radical (unpaired) electrons. The summed E-state index contributed by atoms with van der Waals surface area (Å²) in [6, 6.07) is 15.5. The topological polar surface area (TPSA) is 84.5 Å². The number of anilines is 2. The number of ether oxygens (including phenoxy) is 1. The largest absolute Gasteiger partial charge is 0.497 e. The number of nitrogens with one attached hydrogen (secondary N) is 2. The molecule has 0 aliphatic carbocycles. The van der Waals surface area contributed by atoms with Crippen molar-refractivity contribution in [1.82, 2.24) is 0 Å². The van der Waals surface area contributed by atoms with Crippen molar-refractivity contribution in [2.45, 2.75) is 6.92 Å². The number of hydrogen-bond acceptors (Lipinski definition) is 4. The first kappa shape index (κ1) is 17.8. The molecule has 7 heteroatoms. The molecule has 0 aliphatic heterocycles. The van der Waals surface area contributed by atoms with Gasteiger partial charge in [-0.2, -0.15) is 0 Å². The molecule has 128 valence electrons. The maximum absolute atomic E-state index is 12.2. The third-order valence-corrected chi connectivity index (χ3v) is 4.79. The summed E-state index contributed by atoms with van der Waals surface area (Å²) < 4.78 is 32.0. The van der Waals surface area contributed by atoms with Crippen LogP contribution in [0.1, 0.15) is 6.92 Å². The molecule has 1 amide bonds. The van der Waals surface area contributed by atoms with Gasteiger partial charge < -0.3 is 10.1 Å². The van der Waals surface area contributed by atoms with Crippen molar-refractivity contribution in [2.24, 2.45) is 5.92 Å². The highest BCUT2D eigenvalue weighted by molar-refractivity contribution is 7.92. The molecule has 6 nitrogen and oxygen atoms in total. The number of hydrogen-bond donors (Lipinski definition) is 2. The molecule has 0 saturated heterocycles. The molecule has 24 heavy (non-hydrogen) atoms. The third-order valence-electron chi connectivity index (χ3n) is 3.30. The zero-order chi connectivity index (χ0) is 17.6. The van der Waals surface area contributed by atoms with E-state index in [9.17, 15) is 13.2 Å². The molecule has 2 rings (SSSR count). The van der Waals surface area contributed by atoms with Gasteiger partial charge in [0.15, 0.2) is 0 Å². The van der Waals surface area contributed by atoms with Gasteiger partial charge in [-0.15, -0.1) is 0 Å². The number of amides is 1. The minimum Gasteiger partial charge on any atom is -0.497 e. The Bertz CT molecular complexity index is 791. The van der Waals surface area contributed by atoms with E-state index >= 15 is 0 Å². The van der Waals surface area contributed by atoms with E-state index in [4.69, 9.17) is 4.74 Å². The average Bonchev–Trinajstić information content (AvgIpc) is 2.55. The van der Waals surface area contributed by atoms with Crippen molar-refractivity contribution in [3.8, 4) is 5.75 Å².